The Balaban J connectivity index is 1.69. The number of phenolic OH excluding ortho intramolecular Hbond substituents is 1. The number of methoxy groups -OCH3 is 1. The van der Waals surface area contributed by atoms with Crippen molar-refractivity contribution in [3.8, 4) is 34.0 Å². The van der Waals surface area contributed by atoms with Gasteiger partial charge in [0.05, 0.1) is 24.7 Å². The number of para-hydroxylation sites is 1. The molecule has 0 aliphatic rings. The molecule has 0 saturated carbocycles. The van der Waals surface area contributed by atoms with E-state index in [1.807, 2.05) is 54.6 Å². The van der Waals surface area contributed by atoms with Crippen molar-refractivity contribution in [3.05, 3.63) is 87.3 Å². The van der Waals surface area contributed by atoms with Gasteiger partial charge in [0.2, 0.25) is 5.95 Å². The van der Waals surface area contributed by atoms with Crippen molar-refractivity contribution in [2.45, 2.75) is 0 Å². The van der Waals surface area contributed by atoms with Gasteiger partial charge in [0.15, 0.2) is 11.5 Å². The molecule has 0 unspecified atom stereocenters. The highest BCUT2D eigenvalue weighted by atomic mass is 79.9. The molecule has 160 valence electrons. The molecule has 0 aliphatic heterocycles. The summed E-state index contributed by atoms with van der Waals surface area (Å²) >= 11 is 6.93. The number of phenols is 1. The number of aromatic nitrogens is 2. The molecule has 0 bridgehead atoms. The van der Waals surface area contributed by atoms with Crippen LogP contribution in [0.3, 0.4) is 0 Å². The third-order valence-corrected chi connectivity index (χ3v) is 5.68. The van der Waals surface area contributed by atoms with Crippen LogP contribution in [0.4, 0.5) is 5.95 Å². The average Bonchev–Trinajstić information content (AvgIpc) is 2.81. The summed E-state index contributed by atoms with van der Waals surface area (Å²) < 4.78 is 7.11. The molecule has 4 aromatic rings. The van der Waals surface area contributed by atoms with Gasteiger partial charge in [-0.1, -0.05) is 62.2 Å². The van der Waals surface area contributed by atoms with E-state index in [1.54, 1.807) is 18.2 Å². The molecular weight excluding hydrogens is 536 g/mol. The van der Waals surface area contributed by atoms with Crippen molar-refractivity contribution < 1.29 is 9.84 Å². The van der Waals surface area contributed by atoms with E-state index in [4.69, 9.17) is 4.74 Å². The topological polar surface area (TPSA) is 79.6 Å². The highest BCUT2D eigenvalue weighted by Crippen LogP contribution is 2.29. The third-order valence-electron chi connectivity index (χ3n) is 4.62. The molecule has 6 nitrogen and oxygen atoms in total. The first-order chi connectivity index (χ1) is 15.5. The molecule has 0 radical (unpaired) electrons. The monoisotopic (exact) mass is 552 g/mol. The number of nitrogens with zero attached hydrogens (tertiary/aromatic N) is 3. The molecule has 8 heteroatoms. The van der Waals surface area contributed by atoms with Crippen LogP contribution in [0.25, 0.3) is 22.5 Å². The Morgan fingerprint density at radius 3 is 1.97 bits per heavy atom. The van der Waals surface area contributed by atoms with Crippen molar-refractivity contribution in [3.63, 3.8) is 0 Å². The number of halogens is 2. The van der Waals surface area contributed by atoms with Crippen LogP contribution >= 0.6 is 31.9 Å². The zero-order valence-corrected chi connectivity index (χ0v) is 20.1. The molecule has 0 amide bonds. The summed E-state index contributed by atoms with van der Waals surface area (Å²) in [5.41, 5.74) is 6.80. The van der Waals surface area contributed by atoms with Crippen LogP contribution in [0.2, 0.25) is 0 Å². The van der Waals surface area contributed by atoms with Crippen LogP contribution in [0, 0.1) is 0 Å². The summed E-state index contributed by atoms with van der Waals surface area (Å²) in [6.45, 7) is 0. The van der Waals surface area contributed by atoms with Crippen molar-refractivity contribution in [1.82, 2.24) is 9.97 Å². The lowest BCUT2D eigenvalue weighted by Crippen LogP contribution is -2.00. The molecule has 0 saturated heterocycles. The van der Waals surface area contributed by atoms with E-state index in [0.717, 1.165) is 31.5 Å². The van der Waals surface area contributed by atoms with Crippen molar-refractivity contribution >= 4 is 44.0 Å². The van der Waals surface area contributed by atoms with Gasteiger partial charge in [-0.2, -0.15) is 5.10 Å². The Labute approximate surface area is 202 Å². The summed E-state index contributed by atoms with van der Waals surface area (Å²) in [5.74, 6) is 0.725. The number of nitrogens with one attached hydrogen (secondary N) is 1. The fourth-order valence-corrected chi connectivity index (χ4v) is 3.53. The Morgan fingerprint density at radius 1 is 0.875 bits per heavy atom. The van der Waals surface area contributed by atoms with Gasteiger partial charge in [0.1, 0.15) is 0 Å². The third kappa shape index (κ3) is 5.15. The number of hydrazone groups is 1. The van der Waals surface area contributed by atoms with Crippen molar-refractivity contribution in [1.29, 1.82) is 0 Å². The molecule has 0 fully saturated rings. The number of ether oxygens (including phenoxy) is 1. The minimum Gasteiger partial charge on any atom is -0.504 e. The van der Waals surface area contributed by atoms with Crippen molar-refractivity contribution in [2.24, 2.45) is 5.10 Å². The van der Waals surface area contributed by atoms with E-state index < -0.39 is 0 Å². The van der Waals surface area contributed by atoms with Crippen LogP contribution in [0.5, 0.6) is 11.5 Å². The zero-order valence-electron chi connectivity index (χ0n) is 17.0. The average molecular weight is 554 g/mol. The predicted molar refractivity (Wildman–Crippen MR) is 134 cm³/mol. The molecule has 0 spiro atoms. The smallest absolute Gasteiger partial charge is 0.244 e. The van der Waals surface area contributed by atoms with Gasteiger partial charge in [-0.3, -0.25) is 0 Å². The second-order valence-corrected chi connectivity index (χ2v) is 8.58. The number of anilines is 1. The Morgan fingerprint density at radius 2 is 1.44 bits per heavy atom. The minimum atomic E-state index is 0.0145. The fourth-order valence-electron chi connectivity index (χ4n) is 3.00. The van der Waals surface area contributed by atoms with Crippen LogP contribution in [0.15, 0.2) is 86.8 Å². The minimum absolute atomic E-state index is 0.0145. The first kappa shape index (κ1) is 22.0. The summed E-state index contributed by atoms with van der Waals surface area (Å²) in [6.07, 6.45) is 1.49. The number of rotatable bonds is 6. The second-order valence-electron chi connectivity index (χ2n) is 6.74. The highest BCUT2D eigenvalue weighted by molar-refractivity contribution is 9.10. The normalized spacial score (nSPS) is 11.0. The number of benzene rings is 3. The van der Waals surface area contributed by atoms with E-state index in [-0.39, 0.29) is 5.75 Å². The van der Waals surface area contributed by atoms with E-state index >= 15 is 0 Å². The highest BCUT2D eigenvalue weighted by Gasteiger charge is 2.09. The summed E-state index contributed by atoms with van der Waals surface area (Å²) in [5, 5.41) is 14.4. The van der Waals surface area contributed by atoms with E-state index in [9.17, 15) is 5.11 Å². The van der Waals surface area contributed by atoms with Gasteiger partial charge in [0.25, 0.3) is 0 Å². The van der Waals surface area contributed by atoms with Crippen LogP contribution in [0.1, 0.15) is 5.56 Å². The van der Waals surface area contributed by atoms with Crippen molar-refractivity contribution in [2.75, 3.05) is 12.5 Å². The maximum atomic E-state index is 10.2. The Bertz CT molecular complexity index is 1200. The van der Waals surface area contributed by atoms with Crippen LogP contribution in [-0.4, -0.2) is 28.4 Å². The lowest BCUT2D eigenvalue weighted by molar-refractivity contribution is 0.373. The number of hydrogen-bond donors (Lipinski definition) is 2. The lowest BCUT2D eigenvalue weighted by Gasteiger charge is -2.09. The van der Waals surface area contributed by atoms with Gasteiger partial charge in [-0.05, 0) is 42.5 Å². The molecule has 3 aromatic carbocycles. The molecule has 0 aliphatic carbocycles. The van der Waals surface area contributed by atoms with Gasteiger partial charge < -0.3 is 9.84 Å². The first-order valence-corrected chi connectivity index (χ1v) is 11.2. The van der Waals surface area contributed by atoms with Gasteiger partial charge in [-0.25, -0.2) is 15.4 Å². The SMILES string of the molecule is COc1cccc(/C=N\Nc2nc(-c3ccc(Br)cc3)cc(-c3ccc(Br)cc3)n2)c1O. The number of hydrogen-bond acceptors (Lipinski definition) is 6. The Hall–Kier alpha value is -3.23. The Kier molecular flexibility index (Phi) is 6.82. The molecular formula is C24H18Br2N4O2. The van der Waals surface area contributed by atoms with E-state index in [1.165, 1.54) is 13.3 Å². The van der Waals surface area contributed by atoms with E-state index in [2.05, 4.69) is 52.4 Å². The zero-order chi connectivity index (χ0) is 22.5. The largest absolute Gasteiger partial charge is 0.504 e. The molecule has 32 heavy (non-hydrogen) atoms. The fraction of sp³-hybridized carbons (Fsp3) is 0.0417. The summed E-state index contributed by atoms with van der Waals surface area (Å²) in [4.78, 5) is 9.23. The molecule has 1 aromatic heterocycles. The quantitative estimate of drug-likeness (QED) is 0.210. The standard InChI is InChI=1S/C24H18Br2N4O2/c1-32-22-4-2-3-17(23(22)31)14-27-30-24-28-20(15-5-9-18(25)10-6-15)13-21(29-24)16-7-11-19(26)12-8-16/h2-14,31H,1H3,(H,28,29,30)/b27-14-. The first-order valence-electron chi connectivity index (χ1n) is 9.59. The van der Waals surface area contributed by atoms with Gasteiger partial charge >= 0.3 is 0 Å². The maximum Gasteiger partial charge on any atom is 0.244 e. The maximum absolute atomic E-state index is 10.2. The lowest BCUT2D eigenvalue weighted by atomic mass is 10.1. The molecule has 4 rings (SSSR count). The van der Waals surface area contributed by atoms with E-state index in [0.29, 0.717) is 17.3 Å². The van der Waals surface area contributed by atoms with Gasteiger partial charge in [-0.15, -0.1) is 0 Å². The molecule has 1 heterocycles. The summed E-state index contributed by atoms with van der Waals surface area (Å²) in [7, 11) is 1.50. The predicted octanol–water partition coefficient (Wildman–Crippen LogP) is 6.50. The second kappa shape index (κ2) is 9.93. The van der Waals surface area contributed by atoms with Crippen LogP contribution < -0.4 is 10.2 Å². The van der Waals surface area contributed by atoms with Gasteiger partial charge in [0, 0.05) is 25.6 Å². The molecule has 0 atom stereocenters. The van der Waals surface area contributed by atoms with Crippen LogP contribution in [-0.2, 0) is 0 Å². The molecule has 2 N–H and O–H groups in total. The summed E-state index contributed by atoms with van der Waals surface area (Å²) in [6, 6.07) is 22.9. The number of aromatic hydroxyl groups is 1.